The molecule has 2 aliphatic carbocycles. The van der Waals surface area contributed by atoms with Crippen molar-refractivity contribution in [3.63, 3.8) is 0 Å². The van der Waals surface area contributed by atoms with Crippen LogP contribution in [0, 0.1) is 11.8 Å². The van der Waals surface area contributed by atoms with Crippen LogP contribution in [-0.2, 0) is 11.3 Å². The van der Waals surface area contributed by atoms with E-state index < -0.39 is 5.76 Å². The number of rotatable bonds is 5. The van der Waals surface area contributed by atoms with Gasteiger partial charge in [-0.1, -0.05) is 44.2 Å². The number of pyridine rings is 1. The minimum atomic E-state index is -0.668. The van der Waals surface area contributed by atoms with Crippen molar-refractivity contribution in [2.24, 2.45) is 11.8 Å². The highest BCUT2D eigenvalue weighted by Crippen LogP contribution is 2.38. The summed E-state index contributed by atoms with van der Waals surface area (Å²) < 4.78 is 13.8. The highest BCUT2D eigenvalue weighted by atomic mass is 35.5. The van der Waals surface area contributed by atoms with Crippen molar-refractivity contribution in [1.29, 1.82) is 0 Å². The maximum Gasteiger partial charge on any atom is 0.434 e. The van der Waals surface area contributed by atoms with Gasteiger partial charge in [0.15, 0.2) is 5.65 Å². The van der Waals surface area contributed by atoms with E-state index in [-0.39, 0.29) is 23.9 Å². The molecule has 1 saturated heterocycles. The minimum absolute atomic E-state index is 0.0132. The molecule has 3 fully saturated rings. The molecule has 40 heavy (non-hydrogen) atoms. The van der Waals surface area contributed by atoms with Gasteiger partial charge in [-0.15, -0.1) is 5.10 Å². The zero-order valence-corrected chi connectivity index (χ0v) is 23.3. The summed E-state index contributed by atoms with van der Waals surface area (Å²) in [5.74, 6) is 1.73. The molecular weight excluding hydrogens is 532 g/mol. The summed E-state index contributed by atoms with van der Waals surface area (Å²) in [6.07, 6.45) is 12.9. The van der Waals surface area contributed by atoms with Crippen LogP contribution >= 0.6 is 11.6 Å². The van der Waals surface area contributed by atoms with Crippen molar-refractivity contribution in [3.05, 3.63) is 34.0 Å². The first-order chi connectivity index (χ1) is 19.5. The lowest BCUT2D eigenvalue weighted by Gasteiger charge is -2.44. The zero-order valence-electron chi connectivity index (χ0n) is 22.6. The molecule has 2 atom stereocenters. The quantitative estimate of drug-likeness (QED) is 0.361. The van der Waals surface area contributed by atoms with Crippen LogP contribution in [0.3, 0.4) is 0 Å². The number of aromatic nitrogens is 7. The van der Waals surface area contributed by atoms with Crippen LogP contribution in [0.5, 0.6) is 0 Å². The lowest BCUT2D eigenvalue weighted by molar-refractivity contribution is -0.00958. The Bertz CT molecular complexity index is 1570. The Labute approximate surface area is 236 Å². The Kier molecular flexibility index (Phi) is 6.79. The molecule has 1 N–H and O–H groups in total. The zero-order chi connectivity index (χ0) is 27.2. The summed E-state index contributed by atoms with van der Waals surface area (Å²) in [4.78, 5) is 33.4. The summed E-state index contributed by atoms with van der Waals surface area (Å²) in [6, 6.07) is 2.11. The molecule has 2 saturated carbocycles. The molecule has 7 rings (SSSR count). The van der Waals surface area contributed by atoms with Crippen molar-refractivity contribution in [1.82, 2.24) is 34.7 Å². The molecule has 11 nitrogen and oxygen atoms in total. The second-order valence-corrected chi connectivity index (χ2v) is 11.9. The first-order valence-electron chi connectivity index (χ1n) is 14.4. The van der Waals surface area contributed by atoms with Crippen LogP contribution < -0.4 is 10.7 Å². The molecule has 12 heteroatoms. The molecule has 3 aliphatic rings. The second-order valence-electron chi connectivity index (χ2n) is 11.5. The molecule has 4 aromatic rings. The average Bonchev–Trinajstić information content (AvgIpc) is 3.57. The summed E-state index contributed by atoms with van der Waals surface area (Å²) in [5.41, 5.74) is 2.74. The Morgan fingerprint density at radius 2 is 1.93 bits per heavy atom. The van der Waals surface area contributed by atoms with Crippen LogP contribution in [0.2, 0.25) is 5.02 Å². The third kappa shape index (κ3) is 4.79. The molecular formula is C28H33ClN8O3. The number of morpholine rings is 1. The monoisotopic (exact) mass is 564 g/mol. The van der Waals surface area contributed by atoms with Gasteiger partial charge in [-0.25, -0.2) is 19.9 Å². The normalized spacial score (nSPS) is 25.3. The Morgan fingerprint density at radius 1 is 1.07 bits per heavy atom. The number of H-pyrrole nitrogens is 1. The molecule has 4 aromatic heterocycles. The Hall–Kier alpha value is -3.31. The van der Waals surface area contributed by atoms with Gasteiger partial charge in [0.05, 0.1) is 23.8 Å². The number of ether oxygens (including phenoxy) is 1. The van der Waals surface area contributed by atoms with Gasteiger partial charge < -0.3 is 18.6 Å². The smallest absolute Gasteiger partial charge is 0.384 e. The van der Waals surface area contributed by atoms with Gasteiger partial charge in [0.25, 0.3) is 5.89 Å². The topological polar surface area (TPSA) is 128 Å². The van der Waals surface area contributed by atoms with Crippen molar-refractivity contribution < 1.29 is 9.15 Å². The average molecular weight is 565 g/mol. The van der Waals surface area contributed by atoms with E-state index in [4.69, 9.17) is 35.7 Å². The third-order valence-corrected chi connectivity index (χ3v) is 8.96. The van der Waals surface area contributed by atoms with Crippen LogP contribution in [0.4, 0.5) is 5.95 Å². The number of fused-ring (bicyclic) bond motifs is 2. The SMILES string of the molecule is CC1CCC(Cn2c(N3CCO[C@@H]4CCCC[C@@H]43)nc3nc(-c4n[nH]c(=O)o4)nc(-c4cncc(Cl)c4)c32)CC1. The van der Waals surface area contributed by atoms with E-state index in [2.05, 4.69) is 31.6 Å². The van der Waals surface area contributed by atoms with Gasteiger partial charge in [-0.2, -0.15) is 4.98 Å². The van der Waals surface area contributed by atoms with Crippen LogP contribution in [0.1, 0.15) is 58.3 Å². The predicted octanol–water partition coefficient (Wildman–Crippen LogP) is 4.86. The standard InChI is InChI=1S/C28H33ClN8O3/c1-16-6-8-17(9-7-16)15-37-23-22(18-12-19(29)14-30-13-18)31-25(26-34-35-28(38)40-26)32-24(23)33-27(37)36-10-11-39-21-5-3-2-4-20(21)36/h12-14,16-17,20-21H,2-11,15H2,1H3,(H,35,38)/t16?,17?,20-,21+/m0/s1. The number of imidazole rings is 1. The van der Waals surface area contributed by atoms with Gasteiger partial charge in [-0.05, 0) is 43.6 Å². The maximum absolute atomic E-state index is 11.8. The lowest BCUT2D eigenvalue weighted by atomic mass is 9.83. The fourth-order valence-corrected chi connectivity index (χ4v) is 6.87. The van der Waals surface area contributed by atoms with E-state index in [0.29, 0.717) is 28.9 Å². The maximum atomic E-state index is 11.8. The van der Waals surface area contributed by atoms with Gasteiger partial charge in [0.1, 0.15) is 11.2 Å². The summed E-state index contributed by atoms with van der Waals surface area (Å²) >= 11 is 6.39. The first-order valence-corrected chi connectivity index (χ1v) is 14.7. The van der Waals surface area contributed by atoms with Crippen molar-refractivity contribution in [2.75, 3.05) is 18.1 Å². The molecule has 210 valence electrons. The number of aromatic amines is 1. The molecule has 0 unspecified atom stereocenters. The summed E-state index contributed by atoms with van der Waals surface area (Å²) in [5, 5.41) is 6.80. The molecule has 1 aliphatic heterocycles. The molecule has 5 heterocycles. The highest BCUT2D eigenvalue weighted by molar-refractivity contribution is 6.30. The summed E-state index contributed by atoms with van der Waals surface area (Å²) in [6.45, 7) is 4.62. The number of hydrogen-bond acceptors (Lipinski definition) is 9. The first kappa shape index (κ1) is 25.6. The number of halogens is 1. The molecule has 0 spiro atoms. The number of hydrogen-bond donors (Lipinski definition) is 1. The Balaban J connectivity index is 1.44. The molecule has 0 amide bonds. The van der Waals surface area contributed by atoms with Gasteiger partial charge in [-0.3, -0.25) is 4.98 Å². The largest absolute Gasteiger partial charge is 0.434 e. The molecule has 0 bridgehead atoms. The Morgan fingerprint density at radius 3 is 2.73 bits per heavy atom. The van der Waals surface area contributed by atoms with E-state index in [0.717, 1.165) is 48.9 Å². The summed E-state index contributed by atoms with van der Waals surface area (Å²) in [7, 11) is 0. The van der Waals surface area contributed by atoms with Crippen molar-refractivity contribution >= 4 is 28.7 Å². The number of nitrogens with one attached hydrogen (secondary N) is 1. The van der Waals surface area contributed by atoms with Crippen molar-refractivity contribution in [2.45, 2.75) is 77.0 Å². The minimum Gasteiger partial charge on any atom is -0.384 e. The third-order valence-electron chi connectivity index (χ3n) is 8.76. The lowest BCUT2D eigenvalue weighted by Crippen LogP contribution is -2.53. The van der Waals surface area contributed by atoms with E-state index in [9.17, 15) is 4.79 Å². The number of anilines is 1. The molecule has 0 aromatic carbocycles. The van der Waals surface area contributed by atoms with E-state index in [1.54, 1.807) is 12.4 Å². The molecule has 0 radical (unpaired) electrons. The van der Waals surface area contributed by atoms with Gasteiger partial charge in [0.2, 0.25) is 11.8 Å². The van der Waals surface area contributed by atoms with Gasteiger partial charge >= 0.3 is 5.76 Å². The van der Waals surface area contributed by atoms with Crippen LogP contribution in [-0.4, -0.2) is 60.0 Å². The highest BCUT2D eigenvalue weighted by Gasteiger charge is 2.37. The predicted molar refractivity (Wildman–Crippen MR) is 150 cm³/mol. The van der Waals surface area contributed by atoms with E-state index in [1.807, 2.05) is 6.07 Å². The number of nitrogens with zero attached hydrogens (tertiary/aromatic N) is 7. The van der Waals surface area contributed by atoms with E-state index >= 15 is 0 Å². The van der Waals surface area contributed by atoms with Crippen LogP contribution in [0.25, 0.3) is 34.1 Å². The van der Waals surface area contributed by atoms with Crippen LogP contribution in [0.15, 0.2) is 27.7 Å². The van der Waals surface area contributed by atoms with Gasteiger partial charge in [0, 0.05) is 31.0 Å². The fraction of sp³-hybridized carbons (Fsp3) is 0.571. The van der Waals surface area contributed by atoms with Crippen molar-refractivity contribution in [3.8, 4) is 23.0 Å². The van der Waals surface area contributed by atoms with E-state index in [1.165, 1.54) is 38.5 Å². The second kappa shape index (κ2) is 10.6. The fourth-order valence-electron chi connectivity index (χ4n) is 6.70.